The second-order valence-corrected chi connectivity index (χ2v) is 8.56. The van der Waals surface area contributed by atoms with Crippen molar-refractivity contribution in [3.63, 3.8) is 0 Å². The van der Waals surface area contributed by atoms with Gasteiger partial charge in [-0.3, -0.25) is 9.36 Å². The Kier molecular flexibility index (Phi) is 4.75. The van der Waals surface area contributed by atoms with Crippen LogP contribution in [0.15, 0.2) is 35.5 Å². The number of carbonyl (C=O) groups is 1. The third-order valence-electron chi connectivity index (χ3n) is 5.02. The lowest BCUT2D eigenvalue weighted by Crippen LogP contribution is -2.34. The van der Waals surface area contributed by atoms with Gasteiger partial charge in [-0.05, 0) is 25.0 Å². The molecule has 2 aromatic rings. The van der Waals surface area contributed by atoms with E-state index in [1.54, 1.807) is 35.8 Å². The third kappa shape index (κ3) is 3.15. The monoisotopic (exact) mass is 390 g/mol. The predicted molar refractivity (Wildman–Crippen MR) is 98.1 cm³/mol. The van der Waals surface area contributed by atoms with E-state index >= 15 is 0 Å². The number of rotatable bonds is 4. The molecule has 0 bridgehead atoms. The van der Waals surface area contributed by atoms with Crippen LogP contribution in [0.1, 0.15) is 35.9 Å². The fraction of sp³-hybridized carbons (Fsp3) is 0.444. The summed E-state index contributed by atoms with van der Waals surface area (Å²) >= 11 is 0. The molecular weight excluding hydrogens is 368 g/mol. The number of amides is 1. The first-order valence-corrected chi connectivity index (χ1v) is 10.5. The van der Waals surface area contributed by atoms with Gasteiger partial charge in [0, 0.05) is 19.7 Å². The molecule has 3 heterocycles. The van der Waals surface area contributed by atoms with Crippen LogP contribution in [0.2, 0.25) is 0 Å². The average Bonchev–Trinajstić information content (AvgIpc) is 3.32. The zero-order valence-corrected chi connectivity index (χ0v) is 15.9. The summed E-state index contributed by atoms with van der Waals surface area (Å²) in [5, 5.41) is 2.87. The highest BCUT2D eigenvalue weighted by Crippen LogP contribution is 2.30. The molecule has 0 spiro atoms. The number of para-hydroxylation sites is 1. The first-order chi connectivity index (χ1) is 13.0. The molecule has 27 heavy (non-hydrogen) atoms. The molecule has 1 aromatic carbocycles. The predicted octanol–water partition coefficient (Wildman–Crippen LogP) is 1.31. The van der Waals surface area contributed by atoms with Gasteiger partial charge in [0.15, 0.2) is 5.69 Å². The van der Waals surface area contributed by atoms with E-state index in [0.29, 0.717) is 24.5 Å². The quantitative estimate of drug-likeness (QED) is 0.849. The number of fused-ring (bicyclic) bond motifs is 3. The Morgan fingerprint density at radius 2 is 2.19 bits per heavy atom. The van der Waals surface area contributed by atoms with E-state index < -0.39 is 10.0 Å². The van der Waals surface area contributed by atoms with Crippen molar-refractivity contribution < 1.29 is 17.9 Å². The zero-order valence-electron chi connectivity index (χ0n) is 15.1. The molecule has 1 amide bonds. The van der Waals surface area contributed by atoms with E-state index in [-0.39, 0.29) is 29.1 Å². The molecule has 2 aliphatic heterocycles. The van der Waals surface area contributed by atoms with Gasteiger partial charge < -0.3 is 10.1 Å². The molecule has 9 heteroatoms. The lowest BCUT2D eigenvalue weighted by molar-refractivity contribution is 0.0852. The molecule has 0 saturated carbocycles. The summed E-state index contributed by atoms with van der Waals surface area (Å²) in [6.07, 6.45) is 3.48. The summed E-state index contributed by atoms with van der Waals surface area (Å²) in [4.78, 5) is 17.2. The summed E-state index contributed by atoms with van der Waals surface area (Å²) < 4.78 is 34.6. The first kappa shape index (κ1) is 18.1. The minimum Gasteiger partial charge on any atom is -0.376 e. The number of sulfonamides is 1. The molecule has 1 aromatic heterocycles. The van der Waals surface area contributed by atoms with Gasteiger partial charge in [0.2, 0.25) is 10.0 Å². The summed E-state index contributed by atoms with van der Waals surface area (Å²) in [5.74, 6) is -0.313. The summed E-state index contributed by atoms with van der Waals surface area (Å²) in [5.41, 5.74) is 1.32. The number of hydrogen-bond donors (Lipinski definition) is 1. The van der Waals surface area contributed by atoms with Crippen LogP contribution in [-0.2, 0) is 21.3 Å². The molecule has 0 radical (unpaired) electrons. The van der Waals surface area contributed by atoms with Crippen molar-refractivity contribution in [2.24, 2.45) is 0 Å². The normalized spacial score (nSPS) is 21.3. The van der Waals surface area contributed by atoms with Crippen LogP contribution in [0.3, 0.4) is 0 Å². The highest BCUT2D eigenvalue weighted by atomic mass is 32.2. The number of aromatic nitrogens is 2. The Hall–Kier alpha value is -2.23. The fourth-order valence-corrected chi connectivity index (χ4v) is 5.16. The van der Waals surface area contributed by atoms with Crippen molar-refractivity contribution in [2.45, 2.75) is 37.3 Å². The van der Waals surface area contributed by atoms with E-state index in [9.17, 15) is 13.2 Å². The second kappa shape index (κ2) is 7.06. The van der Waals surface area contributed by atoms with Crippen molar-refractivity contribution in [2.75, 3.05) is 19.7 Å². The van der Waals surface area contributed by atoms with Crippen LogP contribution in [0.5, 0.6) is 0 Å². The topological polar surface area (TPSA) is 93.5 Å². The molecule has 0 unspecified atom stereocenters. The number of nitrogens with zero attached hydrogens (tertiary/aromatic N) is 3. The van der Waals surface area contributed by atoms with Gasteiger partial charge in [0.05, 0.1) is 24.0 Å². The maximum absolute atomic E-state index is 13.0. The number of ether oxygens (including phenoxy) is 1. The van der Waals surface area contributed by atoms with Crippen LogP contribution in [0.25, 0.3) is 5.69 Å². The van der Waals surface area contributed by atoms with Gasteiger partial charge in [-0.15, -0.1) is 0 Å². The van der Waals surface area contributed by atoms with Crippen LogP contribution >= 0.6 is 0 Å². The Morgan fingerprint density at radius 3 is 2.93 bits per heavy atom. The third-order valence-corrected chi connectivity index (χ3v) is 6.99. The number of hydrogen-bond acceptors (Lipinski definition) is 5. The van der Waals surface area contributed by atoms with E-state index in [4.69, 9.17) is 4.74 Å². The number of imidazole rings is 1. The average molecular weight is 390 g/mol. The minimum absolute atomic E-state index is 0.0309. The van der Waals surface area contributed by atoms with E-state index in [1.165, 1.54) is 10.6 Å². The minimum atomic E-state index is -3.64. The Morgan fingerprint density at radius 1 is 1.37 bits per heavy atom. The van der Waals surface area contributed by atoms with Crippen molar-refractivity contribution in [3.05, 3.63) is 42.0 Å². The van der Waals surface area contributed by atoms with Crippen LogP contribution < -0.4 is 5.32 Å². The van der Waals surface area contributed by atoms with Crippen molar-refractivity contribution >= 4 is 15.9 Å². The first-order valence-electron chi connectivity index (χ1n) is 9.08. The number of nitrogens with one attached hydrogen (secondary N) is 1. The van der Waals surface area contributed by atoms with Crippen molar-refractivity contribution in [1.29, 1.82) is 0 Å². The highest BCUT2D eigenvalue weighted by Gasteiger charge is 2.34. The molecule has 0 aliphatic carbocycles. The van der Waals surface area contributed by atoms with Gasteiger partial charge in [-0.25, -0.2) is 13.4 Å². The van der Waals surface area contributed by atoms with E-state index in [2.05, 4.69) is 10.3 Å². The van der Waals surface area contributed by atoms with Crippen LogP contribution in [0, 0.1) is 0 Å². The largest absolute Gasteiger partial charge is 0.376 e. The molecule has 2 aliphatic rings. The molecule has 1 saturated heterocycles. The Balaban J connectivity index is 1.71. The van der Waals surface area contributed by atoms with E-state index in [1.807, 2.05) is 0 Å². The van der Waals surface area contributed by atoms with Crippen LogP contribution in [0.4, 0.5) is 0 Å². The number of benzene rings is 1. The van der Waals surface area contributed by atoms with Gasteiger partial charge in [-0.2, -0.15) is 4.31 Å². The molecule has 8 nitrogen and oxygen atoms in total. The smallest absolute Gasteiger partial charge is 0.271 e. The zero-order chi connectivity index (χ0) is 19.0. The summed E-state index contributed by atoms with van der Waals surface area (Å²) in [7, 11) is -3.64. The Bertz CT molecular complexity index is 963. The highest BCUT2D eigenvalue weighted by molar-refractivity contribution is 7.89. The number of carbonyl (C=O) groups excluding carboxylic acids is 1. The second-order valence-electron chi connectivity index (χ2n) is 6.65. The summed E-state index contributed by atoms with van der Waals surface area (Å²) in [6, 6.07) is 6.78. The van der Waals surface area contributed by atoms with Gasteiger partial charge in [-0.1, -0.05) is 19.1 Å². The summed E-state index contributed by atoms with van der Waals surface area (Å²) in [6.45, 7) is 3.33. The lowest BCUT2D eigenvalue weighted by atomic mass is 10.2. The molecular formula is C18H22N4O4S. The van der Waals surface area contributed by atoms with E-state index in [0.717, 1.165) is 19.4 Å². The van der Waals surface area contributed by atoms with Crippen molar-refractivity contribution in [1.82, 2.24) is 19.2 Å². The maximum atomic E-state index is 13.0. The standard InChI is InChI=1S/C18H22N4O4S/c1-2-21-11-15-17(18(23)19-10-13-6-5-9-26-13)20-12-22(15)14-7-3-4-8-16(14)27(21,24)25/h3-4,7-8,12-13H,2,5-6,9-11H2,1H3,(H,19,23)/t13-/m0/s1. The Labute approximate surface area is 158 Å². The molecule has 144 valence electrons. The van der Waals surface area contributed by atoms with Gasteiger partial charge in [0.1, 0.15) is 11.2 Å². The molecule has 1 fully saturated rings. The maximum Gasteiger partial charge on any atom is 0.271 e. The molecule has 4 rings (SSSR count). The molecule has 1 N–H and O–H groups in total. The van der Waals surface area contributed by atoms with Gasteiger partial charge >= 0.3 is 0 Å². The van der Waals surface area contributed by atoms with Crippen molar-refractivity contribution in [3.8, 4) is 5.69 Å². The molecule has 1 atom stereocenters. The van der Waals surface area contributed by atoms with Gasteiger partial charge in [0.25, 0.3) is 5.91 Å². The van der Waals surface area contributed by atoms with Crippen LogP contribution in [-0.4, -0.2) is 54.0 Å². The SMILES string of the molecule is CCN1Cc2c(C(=O)NC[C@@H]3CCCO3)ncn2-c2ccccc2S1(=O)=O. The fourth-order valence-electron chi connectivity index (χ4n) is 3.56. The lowest BCUT2D eigenvalue weighted by Gasteiger charge is -2.18.